The second-order valence-electron chi connectivity index (χ2n) is 3.55. The lowest BCUT2D eigenvalue weighted by molar-refractivity contribution is 0.485. The summed E-state index contributed by atoms with van der Waals surface area (Å²) in [5, 5.41) is 0. The molecule has 4 nitrogen and oxygen atoms in total. The van der Waals surface area contributed by atoms with Gasteiger partial charge in [0.25, 0.3) is 0 Å². The third-order valence-electron chi connectivity index (χ3n) is 2.25. The SMILES string of the molecule is CCCS(=O)(=O)NNC1CCCC1. The molecule has 0 radical (unpaired) electrons. The molecule has 1 aliphatic rings. The van der Waals surface area contributed by atoms with Gasteiger partial charge in [0.15, 0.2) is 0 Å². The number of hydrogen-bond acceptors (Lipinski definition) is 3. The van der Waals surface area contributed by atoms with Crippen molar-refractivity contribution in [3.63, 3.8) is 0 Å². The Morgan fingerprint density at radius 1 is 1.31 bits per heavy atom. The highest BCUT2D eigenvalue weighted by molar-refractivity contribution is 7.89. The zero-order valence-corrected chi connectivity index (χ0v) is 8.86. The van der Waals surface area contributed by atoms with Crippen molar-refractivity contribution in [3.05, 3.63) is 0 Å². The molecule has 13 heavy (non-hydrogen) atoms. The maximum Gasteiger partial charge on any atom is 0.224 e. The number of hydrazine groups is 1. The first-order valence-electron chi connectivity index (χ1n) is 4.89. The van der Waals surface area contributed by atoms with Crippen LogP contribution < -0.4 is 10.3 Å². The maximum atomic E-state index is 11.2. The van der Waals surface area contributed by atoms with Crippen LogP contribution in [0.5, 0.6) is 0 Å². The van der Waals surface area contributed by atoms with E-state index in [1.54, 1.807) is 0 Å². The number of sulfonamides is 1. The average Bonchev–Trinajstić information content (AvgIpc) is 2.52. The first-order chi connectivity index (χ1) is 6.14. The van der Waals surface area contributed by atoms with E-state index < -0.39 is 10.0 Å². The lowest BCUT2D eigenvalue weighted by Gasteiger charge is -2.12. The van der Waals surface area contributed by atoms with Crippen LogP contribution in [0, 0.1) is 0 Å². The smallest absolute Gasteiger partial charge is 0.224 e. The zero-order chi connectivity index (χ0) is 9.73. The van der Waals surface area contributed by atoms with E-state index in [4.69, 9.17) is 0 Å². The maximum absolute atomic E-state index is 11.2. The van der Waals surface area contributed by atoms with E-state index >= 15 is 0 Å². The van der Waals surface area contributed by atoms with Gasteiger partial charge in [-0.2, -0.15) is 4.83 Å². The molecule has 0 heterocycles. The van der Waals surface area contributed by atoms with E-state index in [0.717, 1.165) is 12.8 Å². The van der Waals surface area contributed by atoms with Crippen molar-refractivity contribution in [3.8, 4) is 0 Å². The molecule has 2 N–H and O–H groups in total. The van der Waals surface area contributed by atoms with Crippen molar-refractivity contribution in [1.29, 1.82) is 0 Å². The molecule has 0 aromatic heterocycles. The molecule has 0 atom stereocenters. The minimum Gasteiger partial charge on any atom is -0.241 e. The van der Waals surface area contributed by atoms with Gasteiger partial charge in [0, 0.05) is 6.04 Å². The van der Waals surface area contributed by atoms with Crippen LogP contribution in [0.2, 0.25) is 0 Å². The van der Waals surface area contributed by atoms with Gasteiger partial charge in [-0.15, -0.1) is 0 Å². The van der Waals surface area contributed by atoms with Crippen molar-refractivity contribution < 1.29 is 8.42 Å². The van der Waals surface area contributed by atoms with Gasteiger partial charge >= 0.3 is 0 Å². The molecule has 0 saturated heterocycles. The highest BCUT2D eigenvalue weighted by Gasteiger charge is 2.16. The second-order valence-corrected chi connectivity index (χ2v) is 5.39. The van der Waals surface area contributed by atoms with Gasteiger partial charge in [-0.1, -0.05) is 19.8 Å². The Hall–Kier alpha value is -0.130. The van der Waals surface area contributed by atoms with E-state index in [9.17, 15) is 8.42 Å². The van der Waals surface area contributed by atoms with Gasteiger partial charge in [-0.3, -0.25) is 0 Å². The van der Waals surface area contributed by atoms with E-state index in [1.807, 2.05) is 6.92 Å². The molecular weight excluding hydrogens is 188 g/mol. The van der Waals surface area contributed by atoms with Crippen LogP contribution >= 0.6 is 0 Å². The summed E-state index contributed by atoms with van der Waals surface area (Å²) in [6.45, 7) is 1.86. The molecule has 0 aromatic rings. The molecule has 5 heteroatoms. The monoisotopic (exact) mass is 206 g/mol. The lowest BCUT2D eigenvalue weighted by Crippen LogP contribution is -2.43. The number of nitrogens with one attached hydrogen (secondary N) is 2. The standard InChI is InChI=1S/C8H18N2O2S/c1-2-7-13(11,12)10-9-8-5-3-4-6-8/h8-10H,2-7H2,1H3. The average molecular weight is 206 g/mol. The van der Waals surface area contributed by atoms with Crippen molar-refractivity contribution in [1.82, 2.24) is 10.3 Å². The number of hydrogen-bond donors (Lipinski definition) is 2. The van der Waals surface area contributed by atoms with Crippen LogP contribution in [0.4, 0.5) is 0 Å². The van der Waals surface area contributed by atoms with E-state index in [-0.39, 0.29) is 5.75 Å². The van der Waals surface area contributed by atoms with Gasteiger partial charge in [-0.05, 0) is 19.3 Å². The van der Waals surface area contributed by atoms with E-state index in [2.05, 4.69) is 10.3 Å². The third kappa shape index (κ3) is 4.06. The summed E-state index contributed by atoms with van der Waals surface area (Å²) in [7, 11) is -3.08. The summed E-state index contributed by atoms with van der Waals surface area (Å²) in [5.41, 5.74) is 2.87. The molecule has 1 rings (SSSR count). The van der Waals surface area contributed by atoms with Crippen LogP contribution in [0.1, 0.15) is 39.0 Å². The first-order valence-corrected chi connectivity index (χ1v) is 6.54. The van der Waals surface area contributed by atoms with Crippen molar-refractivity contribution in [2.45, 2.75) is 45.1 Å². The van der Waals surface area contributed by atoms with Gasteiger partial charge in [0.2, 0.25) is 10.0 Å². The predicted octanol–water partition coefficient (Wildman–Crippen LogP) is 0.763. The quantitative estimate of drug-likeness (QED) is 0.653. The van der Waals surface area contributed by atoms with Crippen molar-refractivity contribution >= 4 is 10.0 Å². The minimum absolute atomic E-state index is 0.201. The Bertz CT molecular complexity index is 233. The Balaban J connectivity index is 2.24. The van der Waals surface area contributed by atoms with Crippen LogP contribution in [0.25, 0.3) is 0 Å². The molecule has 1 saturated carbocycles. The lowest BCUT2D eigenvalue weighted by atomic mass is 10.3. The Morgan fingerprint density at radius 2 is 1.92 bits per heavy atom. The summed E-state index contributed by atoms with van der Waals surface area (Å²) in [6, 6.07) is 0.339. The van der Waals surface area contributed by atoms with Gasteiger partial charge in [-0.25, -0.2) is 13.8 Å². The van der Waals surface area contributed by atoms with Gasteiger partial charge < -0.3 is 0 Å². The molecule has 1 aliphatic carbocycles. The van der Waals surface area contributed by atoms with Crippen LogP contribution in [-0.4, -0.2) is 20.2 Å². The summed E-state index contributed by atoms with van der Waals surface area (Å²) in [5.74, 6) is 0.201. The molecule has 0 unspecified atom stereocenters. The molecule has 78 valence electrons. The summed E-state index contributed by atoms with van der Waals surface area (Å²) < 4.78 is 22.4. The van der Waals surface area contributed by atoms with Gasteiger partial charge in [0.05, 0.1) is 5.75 Å². The summed E-state index contributed by atoms with van der Waals surface area (Å²) in [4.78, 5) is 2.42. The fourth-order valence-electron chi connectivity index (χ4n) is 1.56. The first kappa shape index (κ1) is 10.9. The van der Waals surface area contributed by atoms with Crippen LogP contribution in [-0.2, 0) is 10.0 Å². The van der Waals surface area contributed by atoms with E-state index in [1.165, 1.54) is 12.8 Å². The highest BCUT2D eigenvalue weighted by Crippen LogP contribution is 2.16. The predicted molar refractivity (Wildman–Crippen MR) is 52.6 cm³/mol. The van der Waals surface area contributed by atoms with Gasteiger partial charge in [0.1, 0.15) is 0 Å². The zero-order valence-electron chi connectivity index (χ0n) is 8.04. The summed E-state index contributed by atoms with van der Waals surface area (Å²) in [6.07, 6.45) is 5.21. The van der Waals surface area contributed by atoms with E-state index in [0.29, 0.717) is 12.5 Å². The Morgan fingerprint density at radius 3 is 2.46 bits per heavy atom. The fourth-order valence-corrected chi connectivity index (χ4v) is 2.55. The Labute approximate surface area is 80.1 Å². The molecule has 0 aliphatic heterocycles. The third-order valence-corrected chi connectivity index (χ3v) is 3.62. The van der Waals surface area contributed by atoms with Crippen LogP contribution in [0.15, 0.2) is 0 Å². The summed E-state index contributed by atoms with van der Waals surface area (Å²) >= 11 is 0. The molecule has 1 fully saturated rings. The highest BCUT2D eigenvalue weighted by atomic mass is 32.2. The fraction of sp³-hybridized carbons (Fsp3) is 1.00. The molecule has 0 bridgehead atoms. The largest absolute Gasteiger partial charge is 0.241 e. The molecule has 0 aromatic carbocycles. The number of rotatable bonds is 5. The molecular formula is C8H18N2O2S. The normalized spacial score (nSPS) is 19.5. The molecule has 0 spiro atoms. The van der Waals surface area contributed by atoms with Crippen molar-refractivity contribution in [2.75, 3.05) is 5.75 Å². The minimum atomic E-state index is -3.08. The van der Waals surface area contributed by atoms with Crippen molar-refractivity contribution in [2.24, 2.45) is 0 Å². The molecule has 0 amide bonds. The topological polar surface area (TPSA) is 58.2 Å². The Kier molecular flexibility index (Phi) is 4.15. The van der Waals surface area contributed by atoms with Crippen LogP contribution in [0.3, 0.4) is 0 Å². The second kappa shape index (κ2) is 4.93.